The zero-order valence-electron chi connectivity index (χ0n) is 13.3. The maximum absolute atomic E-state index is 12.2. The Morgan fingerprint density at radius 2 is 2.10 bits per heavy atom. The first kappa shape index (κ1) is 14.6. The number of rotatable bonds is 1. The molecule has 0 unspecified atom stereocenters. The molecule has 1 saturated heterocycles. The molecular weight excluding hydrogens is 268 g/mol. The van der Waals surface area contributed by atoms with E-state index >= 15 is 0 Å². The highest BCUT2D eigenvalue weighted by Crippen LogP contribution is 2.61. The largest absolute Gasteiger partial charge is 0.462 e. The molecule has 3 aliphatic rings. The monoisotopic (exact) mass is 292 g/mol. The van der Waals surface area contributed by atoms with Gasteiger partial charge in [0.1, 0.15) is 12.7 Å². The van der Waals surface area contributed by atoms with Crippen molar-refractivity contribution in [2.24, 2.45) is 22.7 Å². The van der Waals surface area contributed by atoms with Crippen LogP contribution in [0, 0.1) is 22.7 Å². The van der Waals surface area contributed by atoms with Crippen molar-refractivity contribution in [2.75, 3.05) is 6.61 Å². The third-order valence-corrected chi connectivity index (χ3v) is 6.04. The van der Waals surface area contributed by atoms with Gasteiger partial charge in [-0.15, -0.1) is 0 Å². The highest BCUT2D eigenvalue weighted by atomic mass is 16.5. The van der Waals surface area contributed by atoms with E-state index in [2.05, 4.69) is 26.8 Å². The van der Waals surface area contributed by atoms with Crippen LogP contribution in [0.5, 0.6) is 0 Å². The molecule has 4 heteroatoms. The molecule has 0 aromatic heterocycles. The van der Waals surface area contributed by atoms with Crippen LogP contribution in [0.25, 0.3) is 0 Å². The van der Waals surface area contributed by atoms with Crippen molar-refractivity contribution >= 4 is 11.9 Å². The van der Waals surface area contributed by atoms with E-state index in [1.165, 1.54) is 6.92 Å². The number of carbonyl (C=O) groups is 2. The first-order chi connectivity index (χ1) is 9.76. The molecule has 0 bridgehead atoms. The van der Waals surface area contributed by atoms with Gasteiger partial charge in [-0.3, -0.25) is 9.59 Å². The third-order valence-electron chi connectivity index (χ3n) is 6.04. The van der Waals surface area contributed by atoms with Gasteiger partial charge < -0.3 is 9.47 Å². The summed E-state index contributed by atoms with van der Waals surface area (Å²) in [7, 11) is 0. The Morgan fingerprint density at radius 1 is 1.38 bits per heavy atom. The van der Waals surface area contributed by atoms with Gasteiger partial charge in [-0.25, -0.2) is 0 Å². The van der Waals surface area contributed by atoms with E-state index in [0.717, 1.165) is 24.8 Å². The Bertz CT molecular complexity index is 519. The van der Waals surface area contributed by atoms with Crippen molar-refractivity contribution in [3.8, 4) is 0 Å². The van der Waals surface area contributed by atoms with E-state index in [1.807, 2.05) is 0 Å². The summed E-state index contributed by atoms with van der Waals surface area (Å²) < 4.78 is 10.8. The van der Waals surface area contributed by atoms with E-state index in [1.54, 1.807) is 0 Å². The minimum absolute atomic E-state index is 0.0690. The summed E-state index contributed by atoms with van der Waals surface area (Å²) >= 11 is 0. The second kappa shape index (κ2) is 4.59. The zero-order valence-corrected chi connectivity index (χ0v) is 13.3. The first-order valence-corrected chi connectivity index (χ1v) is 7.79. The van der Waals surface area contributed by atoms with Gasteiger partial charge in [-0.05, 0) is 36.2 Å². The number of hydrogen-bond acceptors (Lipinski definition) is 4. The Labute approximate surface area is 125 Å². The van der Waals surface area contributed by atoms with Crippen molar-refractivity contribution in [3.63, 3.8) is 0 Å². The summed E-state index contributed by atoms with van der Waals surface area (Å²) in [6.45, 7) is 8.48. The average Bonchev–Trinajstić information content (AvgIpc) is 2.76. The summed E-state index contributed by atoms with van der Waals surface area (Å²) in [5.41, 5.74) is 0.932. The van der Waals surface area contributed by atoms with Crippen molar-refractivity contribution in [2.45, 2.75) is 53.1 Å². The quantitative estimate of drug-likeness (QED) is 0.551. The summed E-state index contributed by atoms with van der Waals surface area (Å²) in [6.07, 6.45) is 4.76. The summed E-state index contributed by atoms with van der Waals surface area (Å²) in [5.74, 6) is -0.0736. The second-order valence-corrected chi connectivity index (χ2v) is 7.57. The van der Waals surface area contributed by atoms with Crippen molar-refractivity contribution in [1.82, 2.24) is 0 Å². The van der Waals surface area contributed by atoms with Gasteiger partial charge in [-0.2, -0.15) is 0 Å². The van der Waals surface area contributed by atoms with Gasteiger partial charge in [0.25, 0.3) is 0 Å². The summed E-state index contributed by atoms with van der Waals surface area (Å²) in [6, 6.07) is 0. The molecule has 0 radical (unpaired) electrons. The van der Waals surface area contributed by atoms with Crippen LogP contribution in [0.2, 0.25) is 0 Å². The molecule has 1 aliphatic heterocycles. The van der Waals surface area contributed by atoms with Crippen molar-refractivity contribution in [1.29, 1.82) is 0 Å². The van der Waals surface area contributed by atoms with E-state index in [9.17, 15) is 9.59 Å². The lowest BCUT2D eigenvalue weighted by atomic mass is 9.48. The fourth-order valence-electron chi connectivity index (χ4n) is 5.00. The molecule has 116 valence electrons. The number of esters is 2. The first-order valence-electron chi connectivity index (χ1n) is 7.79. The van der Waals surface area contributed by atoms with E-state index < -0.39 is 0 Å². The molecule has 21 heavy (non-hydrogen) atoms. The smallest absolute Gasteiger partial charge is 0.314 e. The average molecular weight is 292 g/mol. The molecule has 0 aromatic carbocycles. The third kappa shape index (κ3) is 2.02. The molecule has 1 saturated carbocycles. The predicted molar refractivity (Wildman–Crippen MR) is 77.3 cm³/mol. The molecule has 3 rings (SSSR count). The second-order valence-electron chi connectivity index (χ2n) is 7.57. The molecule has 0 spiro atoms. The number of hydrogen-bond donors (Lipinski definition) is 0. The van der Waals surface area contributed by atoms with Gasteiger partial charge in [0.2, 0.25) is 0 Å². The summed E-state index contributed by atoms with van der Waals surface area (Å²) in [4.78, 5) is 23.6. The van der Waals surface area contributed by atoms with Gasteiger partial charge in [-0.1, -0.05) is 26.8 Å². The standard InChI is InChI=1S/C17H24O4/c1-10(18)21-13-7-8-17(4)12(16(13,2)3)6-5-11-9-20-15(19)14(11)17/h5,12-14H,6-9H2,1-4H3/t12-,13+,14+,17+/m0/s1. The van der Waals surface area contributed by atoms with E-state index in [0.29, 0.717) is 12.5 Å². The summed E-state index contributed by atoms with van der Waals surface area (Å²) in [5, 5.41) is 0. The molecule has 2 fully saturated rings. The van der Waals surface area contributed by atoms with Gasteiger partial charge in [0.15, 0.2) is 0 Å². The lowest BCUT2D eigenvalue weighted by molar-refractivity contribution is -0.175. The zero-order chi connectivity index (χ0) is 15.4. The van der Waals surface area contributed by atoms with Crippen LogP contribution in [-0.2, 0) is 19.1 Å². The van der Waals surface area contributed by atoms with Crippen LogP contribution >= 0.6 is 0 Å². The van der Waals surface area contributed by atoms with Gasteiger partial charge >= 0.3 is 11.9 Å². The normalized spacial score (nSPS) is 40.7. The molecule has 0 N–H and O–H groups in total. The predicted octanol–water partition coefficient (Wildman–Crippen LogP) is 2.86. The molecule has 0 amide bonds. The Kier molecular flexibility index (Phi) is 3.19. The van der Waals surface area contributed by atoms with Crippen LogP contribution < -0.4 is 0 Å². The lowest BCUT2D eigenvalue weighted by Gasteiger charge is -2.57. The van der Waals surface area contributed by atoms with Crippen LogP contribution in [0.15, 0.2) is 11.6 Å². The van der Waals surface area contributed by atoms with Crippen LogP contribution in [0.3, 0.4) is 0 Å². The molecule has 4 nitrogen and oxygen atoms in total. The van der Waals surface area contributed by atoms with Crippen molar-refractivity contribution in [3.05, 3.63) is 11.6 Å². The van der Waals surface area contributed by atoms with Gasteiger partial charge in [0.05, 0.1) is 5.92 Å². The maximum Gasteiger partial charge on any atom is 0.314 e. The lowest BCUT2D eigenvalue weighted by Crippen LogP contribution is -2.55. The van der Waals surface area contributed by atoms with Crippen molar-refractivity contribution < 1.29 is 19.1 Å². The van der Waals surface area contributed by atoms with Crippen LogP contribution in [0.4, 0.5) is 0 Å². The molecule has 0 aromatic rings. The Balaban J connectivity index is 1.96. The van der Waals surface area contributed by atoms with Crippen LogP contribution in [0.1, 0.15) is 47.0 Å². The Morgan fingerprint density at radius 3 is 2.76 bits per heavy atom. The topological polar surface area (TPSA) is 52.6 Å². The maximum atomic E-state index is 12.2. The fraction of sp³-hybridized carbons (Fsp3) is 0.765. The minimum atomic E-state index is -0.219. The number of carbonyl (C=O) groups excluding carboxylic acids is 2. The van der Waals surface area contributed by atoms with Crippen LogP contribution in [-0.4, -0.2) is 24.6 Å². The fourth-order valence-corrected chi connectivity index (χ4v) is 5.00. The number of allylic oxidation sites excluding steroid dienone is 1. The molecule has 1 heterocycles. The van der Waals surface area contributed by atoms with Gasteiger partial charge in [0, 0.05) is 12.3 Å². The minimum Gasteiger partial charge on any atom is -0.462 e. The SMILES string of the molecule is CC(=O)O[C@@H]1CC[C@@]2(C)[C@H]3C(=O)OCC3=CC[C@H]2C1(C)C. The number of cyclic esters (lactones) is 1. The Hall–Kier alpha value is -1.32. The van der Waals surface area contributed by atoms with E-state index in [-0.39, 0.29) is 34.8 Å². The number of fused-ring (bicyclic) bond motifs is 3. The highest BCUT2D eigenvalue weighted by Gasteiger charge is 2.60. The molecule has 2 aliphatic carbocycles. The number of ether oxygens (including phenoxy) is 2. The highest BCUT2D eigenvalue weighted by molar-refractivity contribution is 5.80. The molecule has 4 atom stereocenters. The molecular formula is C17H24O4. The van der Waals surface area contributed by atoms with E-state index in [4.69, 9.17) is 9.47 Å².